The zero-order chi connectivity index (χ0) is 22.7. The van der Waals surface area contributed by atoms with E-state index < -0.39 is 0 Å². The molecule has 4 heterocycles. The van der Waals surface area contributed by atoms with E-state index in [1.54, 1.807) is 0 Å². The number of rotatable bonds is 0. The summed E-state index contributed by atoms with van der Waals surface area (Å²) in [4.78, 5) is 11.7. The monoisotopic (exact) mass is 447 g/mol. The molecule has 0 N–H and O–H groups in total. The lowest BCUT2D eigenvalue weighted by Gasteiger charge is -2.38. The molecule has 0 saturated heterocycles. The van der Waals surface area contributed by atoms with Gasteiger partial charge in [0, 0.05) is 31.4 Å². The molecule has 2 aliphatic carbocycles. The normalized spacial score (nSPS) is 14.9. The molecule has 2 aliphatic heterocycles. The van der Waals surface area contributed by atoms with Crippen LogP contribution in [0.1, 0.15) is 44.6 Å². The number of benzene rings is 3. The second-order valence-corrected chi connectivity index (χ2v) is 10.3. The van der Waals surface area contributed by atoms with Gasteiger partial charge in [0.25, 0.3) is 0 Å². The van der Waals surface area contributed by atoms with Crippen LogP contribution >= 0.6 is 0 Å². The first kappa shape index (κ1) is 18.1. The van der Waals surface area contributed by atoms with E-state index in [-0.39, 0.29) is 0 Å². The van der Waals surface area contributed by atoms with Gasteiger partial charge in [-0.2, -0.15) is 0 Å². The topological polar surface area (TPSA) is 29.0 Å². The second kappa shape index (κ2) is 6.25. The van der Waals surface area contributed by atoms with E-state index >= 15 is 0 Å². The first-order chi connectivity index (χ1) is 17.3. The van der Waals surface area contributed by atoms with Crippen LogP contribution in [0.3, 0.4) is 0 Å². The molecule has 2 aromatic heterocycles. The summed E-state index contributed by atoms with van der Waals surface area (Å²) < 4.78 is 0. The van der Waals surface area contributed by atoms with Crippen molar-refractivity contribution in [3.8, 4) is 22.3 Å². The molecule has 0 amide bonds. The molecule has 164 valence electrons. The molecule has 0 bridgehead atoms. The lowest BCUT2D eigenvalue weighted by atomic mass is 9.88. The average Bonchev–Trinajstić information content (AvgIpc) is 3.42. The molecule has 4 aliphatic rings. The Balaban J connectivity index is 1.25. The summed E-state index contributed by atoms with van der Waals surface area (Å²) in [7, 11) is 0. The minimum atomic E-state index is 0.892. The Labute approximate surface area is 203 Å². The Morgan fingerprint density at radius 3 is 2.26 bits per heavy atom. The van der Waals surface area contributed by atoms with Crippen LogP contribution in [0.4, 0.5) is 17.1 Å². The van der Waals surface area contributed by atoms with Gasteiger partial charge in [0.2, 0.25) is 0 Å². The maximum absolute atomic E-state index is 4.82. The smallest absolute Gasteiger partial charge is 0.0716 e. The fourth-order valence-electron chi connectivity index (χ4n) is 6.88. The quantitative estimate of drug-likeness (QED) is 0.253. The molecule has 9 rings (SSSR count). The maximum Gasteiger partial charge on any atom is 0.0716 e. The molecule has 0 saturated carbocycles. The fourth-order valence-corrected chi connectivity index (χ4v) is 6.88. The fraction of sp³-hybridized carbons (Fsp3) is 0.125. The van der Waals surface area contributed by atoms with E-state index in [0.29, 0.717) is 0 Å². The van der Waals surface area contributed by atoms with Crippen molar-refractivity contribution in [2.45, 2.75) is 25.7 Å². The van der Waals surface area contributed by atoms with Crippen LogP contribution < -0.4 is 4.90 Å². The van der Waals surface area contributed by atoms with E-state index in [4.69, 9.17) is 4.98 Å². The van der Waals surface area contributed by atoms with Gasteiger partial charge in [0.15, 0.2) is 0 Å². The van der Waals surface area contributed by atoms with Crippen LogP contribution in [0.25, 0.3) is 22.3 Å². The number of hydrogen-bond donors (Lipinski definition) is 0. The zero-order valence-corrected chi connectivity index (χ0v) is 19.2. The van der Waals surface area contributed by atoms with Gasteiger partial charge in [-0.15, -0.1) is 0 Å². The van der Waals surface area contributed by atoms with E-state index in [9.17, 15) is 0 Å². The highest BCUT2D eigenvalue weighted by Crippen LogP contribution is 2.52. The Hall–Kier alpha value is -4.24. The molecule has 3 heteroatoms. The van der Waals surface area contributed by atoms with Crippen molar-refractivity contribution in [3.05, 3.63) is 124 Å². The lowest BCUT2D eigenvalue weighted by Crippen LogP contribution is -2.25. The molecule has 35 heavy (non-hydrogen) atoms. The van der Waals surface area contributed by atoms with Gasteiger partial charge in [-0.1, -0.05) is 30.3 Å². The summed E-state index contributed by atoms with van der Waals surface area (Å²) in [5, 5.41) is 0. The van der Waals surface area contributed by atoms with E-state index in [1.807, 2.05) is 18.6 Å². The Bertz CT molecular complexity index is 1760. The summed E-state index contributed by atoms with van der Waals surface area (Å²) in [6, 6.07) is 23.1. The molecule has 0 unspecified atom stereocenters. The van der Waals surface area contributed by atoms with Crippen LogP contribution in [-0.2, 0) is 25.7 Å². The molecule has 0 fully saturated rings. The van der Waals surface area contributed by atoms with Gasteiger partial charge in [-0.05, 0) is 104 Å². The van der Waals surface area contributed by atoms with Crippen LogP contribution in [0.15, 0.2) is 79.3 Å². The standard InChI is InChI=1S/C32H21N3/c1-2-4-25-18(3-1)9-21-14-27-22(13-26(21)25)11-20-12-23-15-29-32-19(5-8-34-29)10-24-17-33-7-6-30(24)35(32)31(23)16-28(20)27/h1-8,12-14,16-17H,9-11,15H2. The van der Waals surface area contributed by atoms with Gasteiger partial charge in [-0.3, -0.25) is 9.97 Å². The number of pyridine rings is 2. The first-order valence-corrected chi connectivity index (χ1v) is 12.4. The summed E-state index contributed by atoms with van der Waals surface area (Å²) >= 11 is 0. The summed E-state index contributed by atoms with van der Waals surface area (Å²) in [5.41, 5.74) is 20.5. The highest BCUT2D eigenvalue weighted by molar-refractivity contribution is 5.93. The van der Waals surface area contributed by atoms with Crippen LogP contribution in [0.2, 0.25) is 0 Å². The van der Waals surface area contributed by atoms with Gasteiger partial charge >= 0.3 is 0 Å². The van der Waals surface area contributed by atoms with Crippen molar-refractivity contribution >= 4 is 17.1 Å². The number of aromatic nitrogens is 2. The third kappa shape index (κ3) is 2.30. The first-order valence-electron chi connectivity index (χ1n) is 12.4. The Morgan fingerprint density at radius 1 is 0.543 bits per heavy atom. The molecule has 3 nitrogen and oxygen atoms in total. The average molecular weight is 448 g/mol. The molecule has 0 spiro atoms. The van der Waals surface area contributed by atoms with Gasteiger partial charge < -0.3 is 4.90 Å². The maximum atomic E-state index is 4.82. The van der Waals surface area contributed by atoms with Crippen molar-refractivity contribution in [2.75, 3.05) is 4.90 Å². The zero-order valence-electron chi connectivity index (χ0n) is 19.2. The molecule has 5 aromatic rings. The van der Waals surface area contributed by atoms with Crippen molar-refractivity contribution in [1.29, 1.82) is 0 Å². The van der Waals surface area contributed by atoms with E-state index in [0.717, 1.165) is 25.7 Å². The molecular formula is C32H21N3. The van der Waals surface area contributed by atoms with Crippen LogP contribution in [-0.4, -0.2) is 9.97 Å². The minimum Gasteiger partial charge on any atom is -0.308 e. The third-order valence-electron chi connectivity index (χ3n) is 8.40. The highest BCUT2D eigenvalue weighted by atomic mass is 15.2. The Kier molecular flexibility index (Phi) is 3.24. The Morgan fingerprint density at radius 2 is 1.31 bits per heavy atom. The van der Waals surface area contributed by atoms with Gasteiger partial charge in [0.1, 0.15) is 0 Å². The van der Waals surface area contributed by atoms with Crippen LogP contribution in [0, 0.1) is 0 Å². The molecule has 0 radical (unpaired) electrons. The van der Waals surface area contributed by atoms with Crippen molar-refractivity contribution in [3.63, 3.8) is 0 Å². The number of nitrogens with zero attached hydrogens (tertiary/aromatic N) is 3. The second-order valence-electron chi connectivity index (χ2n) is 10.3. The van der Waals surface area contributed by atoms with Gasteiger partial charge in [0.05, 0.1) is 22.8 Å². The number of anilines is 3. The summed E-state index contributed by atoms with van der Waals surface area (Å²) in [6.07, 6.45) is 9.76. The van der Waals surface area contributed by atoms with Crippen molar-refractivity contribution < 1.29 is 0 Å². The largest absolute Gasteiger partial charge is 0.308 e. The van der Waals surface area contributed by atoms with E-state index in [2.05, 4.69) is 70.5 Å². The molecular weight excluding hydrogens is 426 g/mol. The minimum absolute atomic E-state index is 0.892. The van der Waals surface area contributed by atoms with Crippen LogP contribution in [0.5, 0.6) is 0 Å². The number of fused-ring (bicyclic) bond motifs is 10. The van der Waals surface area contributed by atoms with E-state index in [1.165, 1.54) is 84.0 Å². The predicted octanol–water partition coefficient (Wildman–Crippen LogP) is 6.90. The molecule has 0 atom stereocenters. The number of hydrogen-bond acceptors (Lipinski definition) is 3. The summed E-state index contributed by atoms with van der Waals surface area (Å²) in [5.74, 6) is 0. The summed E-state index contributed by atoms with van der Waals surface area (Å²) in [6.45, 7) is 0. The van der Waals surface area contributed by atoms with Crippen molar-refractivity contribution in [1.82, 2.24) is 9.97 Å². The van der Waals surface area contributed by atoms with Crippen molar-refractivity contribution in [2.24, 2.45) is 0 Å². The molecule has 3 aromatic carbocycles. The van der Waals surface area contributed by atoms with Gasteiger partial charge in [-0.25, -0.2) is 0 Å². The predicted molar refractivity (Wildman–Crippen MR) is 139 cm³/mol. The SMILES string of the molecule is c1ccc2c(c1)Cc1cc3c(cc1-2)Cc1cc2c(cc1-3)N1c3ccncc3Cc3ccnc(c31)C2. The highest BCUT2D eigenvalue weighted by Gasteiger charge is 2.34. The third-order valence-corrected chi connectivity index (χ3v) is 8.40. The lowest BCUT2D eigenvalue weighted by molar-refractivity contribution is 0.952.